The van der Waals surface area contributed by atoms with Crippen LogP contribution < -0.4 is 10.1 Å². The highest BCUT2D eigenvalue weighted by Crippen LogP contribution is 2.38. The van der Waals surface area contributed by atoms with Gasteiger partial charge in [0.25, 0.3) is 5.91 Å². The maximum Gasteiger partial charge on any atom is 0.262 e. The normalized spacial score (nSPS) is 10.7. The molecule has 0 saturated heterocycles. The number of benzene rings is 2. The number of hydrogen-bond donors (Lipinski definition) is 1. The number of amides is 1. The van der Waals surface area contributed by atoms with Gasteiger partial charge in [0.1, 0.15) is 5.56 Å². The molecule has 1 amide bonds. The van der Waals surface area contributed by atoms with Crippen LogP contribution in [0.15, 0.2) is 42.5 Å². The number of anilines is 1. The SMILES string of the molecule is COc1c(F)ccc(-c2ccccc2)c1NC(=O)c1c(C)nn(C)c1F. The highest BCUT2D eigenvalue weighted by atomic mass is 19.1. The molecule has 5 nitrogen and oxygen atoms in total. The lowest BCUT2D eigenvalue weighted by molar-refractivity contribution is 0.102. The summed E-state index contributed by atoms with van der Waals surface area (Å²) in [4.78, 5) is 12.6. The van der Waals surface area contributed by atoms with Gasteiger partial charge in [-0.3, -0.25) is 4.79 Å². The van der Waals surface area contributed by atoms with E-state index in [2.05, 4.69) is 10.4 Å². The van der Waals surface area contributed by atoms with Crippen LogP contribution in [-0.2, 0) is 7.05 Å². The third kappa shape index (κ3) is 3.03. The van der Waals surface area contributed by atoms with Crippen LogP contribution in [0, 0.1) is 18.7 Å². The molecule has 7 heteroatoms. The van der Waals surface area contributed by atoms with Crippen molar-refractivity contribution in [3.8, 4) is 16.9 Å². The second kappa shape index (κ2) is 6.95. The molecular weight excluding hydrogens is 340 g/mol. The number of rotatable bonds is 4. The van der Waals surface area contributed by atoms with Crippen LogP contribution in [0.5, 0.6) is 5.75 Å². The minimum atomic E-state index is -0.767. The van der Waals surface area contributed by atoms with Crippen molar-refractivity contribution in [2.24, 2.45) is 7.05 Å². The van der Waals surface area contributed by atoms with Gasteiger partial charge in [0.2, 0.25) is 5.95 Å². The van der Waals surface area contributed by atoms with Crippen LogP contribution in [0.4, 0.5) is 14.5 Å². The van der Waals surface area contributed by atoms with Crippen molar-refractivity contribution < 1.29 is 18.3 Å². The van der Waals surface area contributed by atoms with Crippen LogP contribution >= 0.6 is 0 Å². The largest absolute Gasteiger partial charge is 0.492 e. The van der Waals surface area contributed by atoms with E-state index < -0.39 is 17.7 Å². The number of methoxy groups -OCH3 is 1. The molecular formula is C19H17F2N3O2. The van der Waals surface area contributed by atoms with Gasteiger partial charge in [-0.2, -0.15) is 9.49 Å². The summed E-state index contributed by atoms with van der Waals surface area (Å²) in [6, 6.07) is 11.9. The molecule has 134 valence electrons. The van der Waals surface area contributed by atoms with Crippen LogP contribution in [-0.4, -0.2) is 22.8 Å². The molecule has 0 saturated carbocycles. The second-order valence-corrected chi connectivity index (χ2v) is 5.70. The monoisotopic (exact) mass is 357 g/mol. The molecule has 0 aliphatic carbocycles. The lowest BCUT2D eigenvalue weighted by Gasteiger charge is -2.16. The first-order chi connectivity index (χ1) is 12.4. The zero-order chi connectivity index (χ0) is 18.8. The Labute approximate surface area is 149 Å². The lowest BCUT2D eigenvalue weighted by Crippen LogP contribution is -2.16. The Morgan fingerprint density at radius 3 is 2.42 bits per heavy atom. The molecule has 1 heterocycles. The van der Waals surface area contributed by atoms with E-state index in [9.17, 15) is 13.6 Å². The van der Waals surface area contributed by atoms with Crippen molar-refractivity contribution in [3.05, 3.63) is 65.5 Å². The van der Waals surface area contributed by atoms with Gasteiger partial charge < -0.3 is 10.1 Å². The molecule has 0 radical (unpaired) electrons. The fraction of sp³-hybridized carbons (Fsp3) is 0.158. The summed E-state index contributed by atoms with van der Waals surface area (Å²) in [7, 11) is 2.70. The summed E-state index contributed by atoms with van der Waals surface area (Å²) >= 11 is 0. The van der Waals surface area contributed by atoms with Crippen molar-refractivity contribution in [3.63, 3.8) is 0 Å². The van der Waals surface area contributed by atoms with Crippen molar-refractivity contribution in [2.75, 3.05) is 12.4 Å². The summed E-state index contributed by atoms with van der Waals surface area (Å²) in [5, 5.41) is 6.47. The number of aryl methyl sites for hydroxylation is 2. The minimum Gasteiger partial charge on any atom is -0.492 e. The Balaban J connectivity index is 2.11. The van der Waals surface area contributed by atoms with Gasteiger partial charge in [0.15, 0.2) is 11.6 Å². The Morgan fingerprint density at radius 2 is 1.85 bits per heavy atom. The van der Waals surface area contributed by atoms with Crippen molar-refractivity contribution >= 4 is 11.6 Å². The topological polar surface area (TPSA) is 56.1 Å². The number of carbonyl (C=O) groups is 1. The highest BCUT2D eigenvalue weighted by Gasteiger charge is 2.24. The number of nitrogens with zero attached hydrogens (tertiary/aromatic N) is 2. The first kappa shape index (κ1) is 17.6. The van der Waals surface area contributed by atoms with E-state index in [0.29, 0.717) is 5.56 Å². The zero-order valence-electron chi connectivity index (χ0n) is 14.5. The Kier molecular flexibility index (Phi) is 4.71. The third-order valence-corrected chi connectivity index (χ3v) is 4.02. The van der Waals surface area contributed by atoms with E-state index >= 15 is 0 Å². The van der Waals surface area contributed by atoms with Crippen molar-refractivity contribution in [1.29, 1.82) is 0 Å². The second-order valence-electron chi connectivity index (χ2n) is 5.70. The molecule has 0 aliphatic rings. The van der Waals surface area contributed by atoms with Gasteiger partial charge in [-0.05, 0) is 24.6 Å². The fourth-order valence-electron chi connectivity index (χ4n) is 2.80. The molecule has 0 unspecified atom stereocenters. The molecule has 0 spiro atoms. The quantitative estimate of drug-likeness (QED) is 0.770. The minimum absolute atomic E-state index is 0.123. The average Bonchev–Trinajstić information content (AvgIpc) is 2.88. The standard InChI is InChI=1S/C19H17F2N3O2/c1-11-15(18(21)24(2)23-11)19(25)22-16-13(12-7-5-4-6-8-12)9-10-14(20)17(16)26-3/h4-10H,1-3H3,(H,22,25). The van der Waals surface area contributed by atoms with Gasteiger partial charge in [-0.15, -0.1) is 0 Å². The highest BCUT2D eigenvalue weighted by molar-refractivity contribution is 6.08. The number of aromatic nitrogens is 2. The van der Waals surface area contributed by atoms with Crippen molar-refractivity contribution in [2.45, 2.75) is 6.92 Å². The third-order valence-electron chi connectivity index (χ3n) is 4.02. The van der Waals surface area contributed by atoms with Gasteiger partial charge in [-0.1, -0.05) is 30.3 Å². The molecule has 3 rings (SSSR count). The van der Waals surface area contributed by atoms with Gasteiger partial charge in [-0.25, -0.2) is 9.07 Å². The van der Waals surface area contributed by atoms with E-state index in [1.54, 1.807) is 0 Å². The van der Waals surface area contributed by atoms with Gasteiger partial charge >= 0.3 is 0 Å². The molecule has 26 heavy (non-hydrogen) atoms. The summed E-state index contributed by atoms with van der Waals surface area (Å²) in [6.07, 6.45) is 0. The maximum atomic E-state index is 14.2. The molecule has 1 aromatic heterocycles. The Hall–Kier alpha value is -3.22. The first-order valence-electron chi connectivity index (χ1n) is 7.86. The number of nitrogens with one attached hydrogen (secondary N) is 1. The summed E-state index contributed by atoms with van der Waals surface area (Å²) < 4.78 is 34.5. The molecule has 2 aromatic carbocycles. The smallest absolute Gasteiger partial charge is 0.262 e. The number of ether oxygens (including phenoxy) is 1. The fourth-order valence-corrected chi connectivity index (χ4v) is 2.80. The Morgan fingerprint density at radius 1 is 1.15 bits per heavy atom. The van der Waals surface area contributed by atoms with Crippen molar-refractivity contribution in [1.82, 2.24) is 9.78 Å². The molecule has 1 N–H and O–H groups in total. The predicted molar refractivity (Wildman–Crippen MR) is 94.2 cm³/mol. The maximum absolute atomic E-state index is 14.2. The molecule has 0 bridgehead atoms. The van der Waals surface area contributed by atoms with Gasteiger partial charge in [0, 0.05) is 12.6 Å². The van der Waals surface area contributed by atoms with Crippen LogP contribution in [0.2, 0.25) is 0 Å². The van der Waals surface area contributed by atoms with Crippen LogP contribution in [0.25, 0.3) is 11.1 Å². The van der Waals surface area contributed by atoms with E-state index in [0.717, 1.165) is 10.2 Å². The van der Waals surface area contributed by atoms with E-state index in [1.165, 1.54) is 33.2 Å². The average molecular weight is 357 g/mol. The van der Waals surface area contributed by atoms with Crippen LogP contribution in [0.1, 0.15) is 16.1 Å². The number of hydrogen-bond acceptors (Lipinski definition) is 3. The predicted octanol–water partition coefficient (Wildman–Crippen LogP) is 3.93. The number of carbonyl (C=O) groups excluding carboxylic acids is 1. The zero-order valence-corrected chi connectivity index (χ0v) is 14.5. The molecule has 3 aromatic rings. The summed E-state index contributed by atoms with van der Waals surface area (Å²) in [5.41, 5.74) is 1.48. The molecule has 0 aliphatic heterocycles. The van der Waals surface area contributed by atoms with Gasteiger partial charge in [0.05, 0.1) is 18.5 Å². The van der Waals surface area contributed by atoms with E-state index in [-0.39, 0.29) is 22.7 Å². The first-order valence-corrected chi connectivity index (χ1v) is 7.86. The van der Waals surface area contributed by atoms with E-state index in [1.807, 2.05) is 30.3 Å². The molecule has 0 fully saturated rings. The Bertz CT molecular complexity index is 969. The lowest BCUT2D eigenvalue weighted by atomic mass is 10.0. The van der Waals surface area contributed by atoms with E-state index in [4.69, 9.17) is 4.74 Å². The summed E-state index contributed by atoms with van der Waals surface area (Å²) in [5.74, 6) is -2.25. The molecule has 0 atom stereocenters. The summed E-state index contributed by atoms with van der Waals surface area (Å²) in [6.45, 7) is 1.53. The van der Waals surface area contributed by atoms with Crippen LogP contribution in [0.3, 0.4) is 0 Å². The number of halogens is 2.